The first-order valence-electron chi connectivity index (χ1n) is 9.25. The van der Waals surface area contributed by atoms with Crippen LogP contribution < -0.4 is 0 Å². The van der Waals surface area contributed by atoms with Crippen molar-refractivity contribution in [1.82, 2.24) is 4.57 Å². The second kappa shape index (κ2) is 8.41. The topological polar surface area (TPSA) is 4.93 Å². The van der Waals surface area contributed by atoms with E-state index in [1.165, 1.54) is 30.3 Å². The Hall–Kier alpha value is -1.24. The Balaban J connectivity index is 0.000000561. The van der Waals surface area contributed by atoms with Crippen LogP contribution in [0.15, 0.2) is 18.2 Å². The van der Waals surface area contributed by atoms with E-state index >= 15 is 0 Å². The summed E-state index contributed by atoms with van der Waals surface area (Å²) < 4.78 is 2.61. The van der Waals surface area contributed by atoms with Crippen molar-refractivity contribution in [2.75, 3.05) is 0 Å². The van der Waals surface area contributed by atoms with Gasteiger partial charge in [-0.1, -0.05) is 73.6 Å². The van der Waals surface area contributed by atoms with Gasteiger partial charge >= 0.3 is 0 Å². The normalized spacial score (nSPS) is 12.8. The Morgan fingerprint density at radius 2 is 1.55 bits per heavy atom. The van der Waals surface area contributed by atoms with Crippen LogP contribution in [0.1, 0.15) is 90.5 Å². The maximum atomic E-state index is 2.61. The third kappa shape index (κ3) is 3.24. The van der Waals surface area contributed by atoms with Gasteiger partial charge < -0.3 is 4.57 Å². The zero-order valence-corrected chi connectivity index (χ0v) is 16.0. The predicted molar refractivity (Wildman–Crippen MR) is 101 cm³/mol. The molecule has 0 radical (unpaired) electrons. The van der Waals surface area contributed by atoms with Gasteiger partial charge in [0.2, 0.25) is 0 Å². The molecule has 3 rings (SSSR count). The Morgan fingerprint density at radius 3 is 2.09 bits per heavy atom. The smallest absolute Gasteiger partial charge is 0.0518 e. The number of hydrogen-bond acceptors (Lipinski definition) is 0. The summed E-state index contributed by atoms with van der Waals surface area (Å²) in [7, 11) is 0. The van der Waals surface area contributed by atoms with Gasteiger partial charge in [0.05, 0.1) is 5.52 Å². The lowest BCUT2D eigenvalue weighted by Crippen LogP contribution is -2.11. The summed E-state index contributed by atoms with van der Waals surface area (Å²) in [5.74, 6) is 1.22. The lowest BCUT2D eigenvalue weighted by atomic mass is 9.94. The minimum Gasteiger partial charge on any atom is -0.344 e. The Labute approximate surface area is 137 Å². The van der Waals surface area contributed by atoms with E-state index in [-0.39, 0.29) is 0 Å². The van der Waals surface area contributed by atoms with E-state index < -0.39 is 0 Å². The van der Waals surface area contributed by atoms with E-state index in [0.717, 1.165) is 0 Å². The first-order chi connectivity index (χ1) is 10.6. The largest absolute Gasteiger partial charge is 0.344 e. The summed E-state index contributed by atoms with van der Waals surface area (Å²) in [5, 5.41) is 1.51. The van der Waals surface area contributed by atoms with Crippen LogP contribution in [0, 0.1) is 0 Å². The summed E-state index contributed by atoms with van der Waals surface area (Å²) >= 11 is 0. The summed E-state index contributed by atoms with van der Waals surface area (Å²) in [6.07, 6.45) is 2.54. The van der Waals surface area contributed by atoms with Gasteiger partial charge in [-0.05, 0) is 35.8 Å². The zero-order chi connectivity index (χ0) is 16.9. The third-order valence-electron chi connectivity index (χ3n) is 4.20. The highest BCUT2D eigenvalue weighted by atomic mass is 15.0. The van der Waals surface area contributed by atoms with Crippen molar-refractivity contribution >= 4 is 10.9 Å². The zero-order valence-electron chi connectivity index (χ0n) is 16.0. The van der Waals surface area contributed by atoms with Gasteiger partial charge in [-0.2, -0.15) is 0 Å². The molecule has 124 valence electrons. The minimum atomic E-state index is 0.611. The molecule has 0 bridgehead atoms. The van der Waals surface area contributed by atoms with E-state index in [1.54, 1.807) is 16.8 Å². The van der Waals surface area contributed by atoms with E-state index in [0.29, 0.717) is 11.8 Å². The number of para-hydroxylation sites is 1. The van der Waals surface area contributed by atoms with Crippen molar-refractivity contribution in [2.45, 2.75) is 86.6 Å². The number of nitrogens with zero attached hydrogens (tertiary/aromatic N) is 1. The van der Waals surface area contributed by atoms with E-state index in [2.05, 4.69) is 50.5 Å². The summed E-state index contributed by atoms with van der Waals surface area (Å²) in [6.45, 7) is 18.5. The maximum Gasteiger partial charge on any atom is 0.0518 e. The molecular weight excluding hydrogens is 266 g/mol. The van der Waals surface area contributed by atoms with Gasteiger partial charge in [0.15, 0.2) is 0 Å². The van der Waals surface area contributed by atoms with Crippen molar-refractivity contribution in [2.24, 2.45) is 0 Å². The summed E-state index contributed by atoms with van der Waals surface area (Å²) in [5.41, 5.74) is 6.24. The molecule has 0 atom stereocenters. The van der Waals surface area contributed by atoms with Gasteiger partial charge in [-0.15, -0.1) is 0 Å². The van der Waals surface area contributed by atoms with Crippen LogP contribution in [-0.2, 0) is 13.0 Å². The fourth-order valence-corrected chi connectivity index (χ4v) is 3.62. The number of aryl methyl sites for hydroxylation is 2. The molecule has 0 spiro atoms. The number of rotatable bonds is 2. The van der Waals surface area contributed by atoms with Crippen LogP contribution in [0.3, 0.4) is 0 Å². The molecule has 0 amide bonds. The van der Waals surface area contributed by atoms with E-state index in [1.807, 2.05) is 27.7 Å². The molecule has 1 aromatic carbocycles. The van der Waals surface area contributed by atoms with Crippen LogP contribution in [0.2, 0.25) is 0 Å². The van der Waals surface area contributed by atoms with Gasteiger partial charge in [0.25, 0.3) is 0 Å². The minimum absolute atomic E-state index is 0.611. The number of benzene rings is 1. The molecule has 1 aliphatic heterocycles. The predicted octanol–water partition coefficient (Wildman–Crippen LogP) is 6.89. The van der Waals surface area contributed by atoms with Crippen LogP contribution in [-0.4, -0.2) is 4.57 Å². The molecule has 0 saturated heterocycles. The highest BCUT2D eigenvalue weighted by molar-refractivity contribution is 5.89. The lowest BCUT2D eigenvalue weighted by Gasteiger charge is -2.20. The first kappa shape index (κ1) is 18.8. The van der Waals surface area contributed by atoms with Crippen molar-refractivity contribution in [3.8, 4) is 0 Å². The molecule has 2 heterocycles. The second-order valence-corrected chi connectivity index (χ2v) is 6.18. The fourth-order valence-electron chi connectivity index (χ4n) is 3.62. The van der Waals surface area contributed by atoms with Gasteiger partial charge in [0.1, 0.15) is 0 Å². The molecule has 1 heteroatoms. The summed E-state index contributed by atoms with van der Waals surface area (Å²) in [6, 6.07) is 6.87. The Morgan fingerprint density at radius 1 is 0.909 bits per heavy atom. The third-order valence-corrected chi connectivity index (χ3v) is 4.20. The number of hydrogen-bond donors (Lipinski definition) is 0. The average Bonchev–Trinajstić information content (AvgIpc) is 2.89. The van der Waals surface area contributed by atoms with Gasteiger partial charge in [-0.25, -0.2) is 0 Å². The Kier molecular flexibility index (Phi) is 7.19. The standard InChI is InChI=1S/C17H23N.2C2H6/c1-11(2)15-14-9-5-7-13-8-6-10-18(17(13)14)16(15)12(3)4;2*1-2/h5,7,9,11-12H,6,8,10H2,1-4H3;2*1-2H3. The van der Waals surface area contributed by atoms with Crippen LogP contribution in [0.25, 0.3) is 10.9 Å². The number of aromatic nitrogens is 1. The highest BCUT2D eigenvalue weighted by Gasteiger charge is 2.24. The molecule has 0 N–H and O–H groups in total. The van der Waals surface area contributed by atoms with E-state index in [9.17, 15) is 0 Å². The molecule has 1 aliphatic rings. The van der Waals surface area contributed by atoms with E-state index in [4.69, 9.17) is 0 Å². The molecule has 0 aliphatic carbocycles. The van der Waals surface area contributed by atoms with Gasteiger partial charge in [-0.3, -0.25) is 0 Å². The lowest BCUT2D eigenvalue weighted by molar-refractivity contribution is 0.588. The van der Waals surface area contributed by atoms with Gasteiger partial charge in [0, 0.05) is 17.6 Å². The van der Waals surface area contributed by atoms with Crippen molar-refractivity contribution in [1.29, 1.82) is 0 Å². The molecule has 2 aromatic rings. The Bertz CT molecular complexity index is 587. The molecule has 1 aromatic heterocycles. The molecule has 0 fully saturated rings. The molecule has 0 unspecified atom stereocenters. The summed E-state index contributed by atoms with van der Waals surface area (Å²) in [4.78, 5) is 0. The van der Waals surface area contributed by atoms with Crippen molar-refractivity contribution in [3.63, 3.8) is 0 Å². The maximum absolute atomic E-state index is 2.61. The molecular formula is C21H35N. The van der Waals surface area contributed by atoms with Crippen LogP contribution in [0.5, 0.6) is 0 Å². The molecule has 0 saturated carbocycles. The monoisotopic (exact) mass is 301 g/mol. The van der Waals surface area contributed by atoms with Crippen molar-refractivity contribution < 1.29 is 0 Å². The van der Waals surface area contributed by atoms with Crippen molar-refractivity contribution in [3.05, 3.63) is 35.0 Å². The quantitative estimate of drug-likeness (QED) is 0.569. The molecule has 1 nitrogen and oxygen atoms in total. The average molecular weight is 302 g/mol. The highest BCUT2D eigenvalue weighted by Crippen LogP contribution is 2.39. The SMILES string of the molecule is CC.CC.CC(C)c1c(C(C)C)n2c3c(cccc13)CCC2. The molecule has 22 heavy (non-hydrogen) atoms. The fraction of sp³-hybridized carbons (Fsp3) is 0.619. The first-order valence-corrected chi connectivity index (χ1v) is 9.25. The second-order valence-electron chi connectivity index (χ2n) is 6.18. The van der Waals surface area contributed by atoms with Crippen LogP contribution in [0.4, 0.5) is 0 Å². The van der Waals surface area contributed by atoms with Crippen LogP contribution >= 0.6 is 0 Å².